The summed E-state index contributed by atoms with van der Waals surface area (Å²) in [5.74, 6) is -0.552. The zero-order valence-electron chi connectivity index (χ0n) is 11.2. The van der Waals surface area contributed by atoms with E-state index in [2.05, 4.69) is 0 Å². The maximum atomic E-state index is 12.2. The van der Waals surface area contributed by atoms with Crippen LogP contribution in [0.5, 0.6) is 11.5 Å². The molecule has 0 radical (unpaired) electrons. The van der Waals surface area contributed by atoms with Gasteiger partial charge in [0.15, 0.2) is 0 Å². The number of hydrogen-bond acceptors (Lipinski definition) is 5. The van der Waals surface area contributed by atoms with Gasteiger partial charge in [-0.25, -0.2) is 4.79 Å². The topological polar surface area (TPSA) is 78.7 Å². The lowest BCUT2D eigenvalue weighted by molar-refractivity contribution is -0.385. The molecule has 0 bridgehead atoms. The number of esters is 1. The number of rotatable bonds is 4. The average Bonchev–Trinajstić information content (AvgIpc) is 2.47. The minimum Gasteiger partial charge on any atom is -0.496 e. The van der Waals surface area contributed by atoms with Crippen molar-refractivity contribution in [2.45, 2.75) is 0 Å². The Morgan fingerprint density at radius 2 is 2.00 bits per heavy atom. The van der Waals surface area contributed by atoms with E-state index in [1.54, 1.807) is 12.1 Å². The summed E-state index contributed by atoms with van der Waals surface area (Å²) in [6.07, 6.45) is 0. The summed E-state index contributed by atoms with van der Waals surface area (Å²) in [6.45, 7) is 0. The molecule has 0 heterocycles. The minimum absolute atomic E-state index is 0.151. The molecule has 114 valence electrons. The van der Waals surface area contributed by atoms with Crippen LogP contribution in [0.1, 0.15) is 10.4 Å². The molecule has 0 N–H and O–H groups in total. The van der Waals surface area contributed by atoms with Crippen LogP contribution >= 0.6 is 34.2 Å². The lowest BCUT2D eigenvalue weighted by Gasteiger charge is -2.08. The van der Waals surface area contributed by atoms with Gasteiger partial charge in [-0.1, -0.05) is 11.6 Å². The third-order valence-corrected chi connectivity index (χ3v) is 3.84. The molecule has 0 aromatic heterocycles. The monoisotopic (exact) mass is 433 g/mol. The fourth-order valence-electron chi connectivity index (χ4n) is 1.66. The molecule has 0 unspecified atom stereocenters. The molecule has 0 amide bonds. The van der Waals surface area contributed by atoms with E-state index in [9.17, 15) is 14.9 Å². The molecule has 0 saturated heterocycles. The van der Waals surface area contributed by atoms with Crippen molar-refractivity contribution in [2.75, 3.05) is 7.11 Å². The summed E-state index contributed by atoms with van der Waals surface area (Å²) in [4.78, 5) is 22.6. The van der Waals surface area contributed by atoms with Crippen molar-refractivity contribution in [2.24, 2.45) is 0 Å². The lowest BCUT2D eigenvalue weighted by atomic mass is 10.2. The van der Waals surface area contributed by atoms with Gasteiger partial charge in [0, 0.05) is 8.59 Å². The number of nitrogens with zero attached hydrogens (tertiary/aromatic N) is 1. The van der Waals surface area contributed by atoms with Crippen molar-refractivity contribution in [3.05, 3.63) is 60.7 Å². The highest BCUT2D eigenvalue weighted by Gasteiger charge is 2.21. The van der Waals surface area contributed by atoms with Crippen LogP contribution in [-0.4, -0.2) is 18.0 Å². The predicted octanol–water partition coefficient (Wildman–Crippen LogP) is 4.08. The highest BCUT2D eigenvalue weighted by atomic mass is 127. The molecule has 2 rings (SSSR count). The lowest BCUT2D eigenvalue weighted by Crippen LogP contribution is -2.11. The van der Waals surface area contributed by atoms with E-state index < -0.39 is 10.9 Å². The van der Waals surface area contributed by atoms with Gasteiger partial charge in [-0.2, -0.15) is 0 Å². The molecule has 2 aromatic carbocycles. The number of hydrogen-bond donors (Lipinski definition) is 0. The molecule has 0 saturated carbocycles. The highest BCUT2D eigenvalue weighted by Crippen LogP contribution is 2.32. The van der Waals surface area contributed by atoms with Gasteiger partial charge in [0.2, 0.25) is 5.75 Å². The first-order valence-corrected chi connectivity index (χ1v) is 7.37. The number of methoxy groups -OCH3 is 1. The molecule has 0 spiro atoms. The Labute approximate surface area is 144 Å². The molecule has 0 aliphatic heterocycles. The van der Waals surface area contributed by atoms with Gasteiger partial charge < -0.3 is 9.47 Å². The minimum atomic E-state index is -0.700. The Hall–Kier alpha value is -1.87. The van der Waals surface area contributed by atoms with E-state index in [0.29, 0.717) is 14.3 Å². The number of nitro groups is 1. The van der Waals surface area contributed by atoms with E-state index in [1.165, 1.54) is 31.4 Å². The Kier molecular flexibility index (Phi) is 5.19. The number of nitro benzene ring substituents is 1. The summed E-state index contributed by atoms with van der Waals surface area (Å²) in [5.41, 5.74) is -0.0770. The standard InChI is InChI=1S/C14H9ClINO5/c1-21-9-3-5-13(12(7-9)17(19)20)22-14(18)10-4-2-8(15)6-11(10)16/h2-7H,1H3. The maximum absolute atomic E-state index is 12.2. The average molecular weight is 434 g/mol. The summed E-state index contributed by atoms with van der Waals surface area (Å²) in [5, 5.41) is 11.5. The van der Waals surface area contributed by atoms with Crippen LogP contribution in [0.2, 0.25) is 5.02 Å². The van der Waals surface area contributed by atoms with Crippen LogP contribution < -0.4 is 9.47 Å². The molecular formula is C14H9ClINO5. The molecule has 2 aromatic rings. The molecule has 0 fully saturated rings. The van der Waals surface area contributed by atoms with Gasteiger partial charge in [-0.05, 0) is 52.9 Å². The van der Waals surface area contributed by atoms with Crippen LogP contribution in [0.4, 0.5) is 5.69 Å². The Balaban J connectivity index is 2.34. The molecule has 0 aliphatic carbocycles. The van der Waals surface area contributed by atoms with Gasteiger partial charge in [0.1, 0.15) is 5.75 Å². The van der Waals surface area contributed by atoms with Gasteiger partial charge in [-0.3, -0.25) is 10.1 Å². The predicted molar refractivity (Wildman–Crippen MR) is 88.8 cm³/mol. The Morgan fingerprint density at radius 1 is 1.27 bits per heavy atom. The van der Waals surface area contributed by atoms with E-state index in [0.717, 1.165) is 0 Å². The van der Waals surface area contributed by atoms with Crippen molar-refractivity contribution >= 4 is 45.8 Å². The van der Waals surface area contributed by atoms with Crippen molar-refractivity contribution in [3.8, 4) is 11.5 Å². The summed E-state index contributed by atoms with van der Waals surface area (Å²) in [7, 11) is 1.39. The molecule has 6 nitrogen and oxygen atoms in total. The Morgan fingerprint density at radius 3 is 2.59 bits per heavy atom. The molecule has 8 heteroatoms. The molecule has 22 heavy (non-hydrogen) atoms. The summed E-state index contributed by atoms with van der Waals surface area (Å²) >= 11 is 7.76. The van der Waals surface area contributed by atoms with Crippen LogP contribution in [0, 0.1) is 13.7 Å². The van der Waals surface area contributed by atoms with Crippen LogP contribution in [0.25, 0.3) is 0 Å². The Bertz CT molecular complexity index is 750. The third kappa shape index (κ3) is 3.66. The fourth-order valence-corrected chi connectivity index (χ4v) is 2.75. The van der Waals surface area contributed by atoms with E-state index >= 15 is 0 Å². The second kappa shape index (κ2) is 6.93. The van der Waals surface area contributed by atoms with Crippen molar-refractivity contribution in [3.63, 3.8) is 0 Å². The van der Waals surface area contributed by atoms with Gasteiger partial charge in [0.05, 0.1) is 23.7 Å². The van der Waals surface area contributed by atoms with Crippen LogP contribution in [0.3, 0.4) is 0 Å². The summed E-state index contributed by atoms with van der Waals surface area (Å²) < 4.78 is 10.6. The second-order valence-corrected chi connectivity index (χ2v) is 5.70. The van der Waals surface area contributed by atoms with Crippen LogP contribution in [-0.2, 0) is 0 Å². The normalized spacial score (nSPS) is 10.1. The zero-order chi connectivity index (χ0) is 16.3. The first kappa shape index (κ1) is 16.5. The first-order chi connectivity index (χ1) is 10.4. The zero-order valence-corrected chi connectivity index (χ0v) is 14.1. The van der Waals surface area contributed by atoms with E-state index in [1.807, 2.05) is 22.6 Å². The number of ether oxygens (including phenoxy) is 2. The fraction of sp³-hybridized carbons (Fsp3) is 0.0714. The quantitative estimate of drug-likeness (QED) is 0.239. The highest BCUT2D eigenvalue weighted by molar-refractivity contribution is 14.1. The van der Waals surface area contributed by atoms with Crippen LogP contribution in [0.15, 0.2) is 36.4 Å². The largest absolute Gasteiger partial charge is 0.496 e. The van der Waals surface area contributed by atoms with Gasteiger partial charge in [-0.15, -0.1) is 0 Å². The summed E-state index contributed by atoms with van der Waals surface area (Å²) in [6, 6.07) is 8.63. The van der Waals surface area contributed by atoms with Crippen molar-refractivity contribution in [1.29, 1.82) is 0 Å². The van der Waals surface area contributed by atoms with E-state index in [4.69, 9.17) is 21.1 Å². The third-order valence-electron chi connectivity index (χ3n) is 2.72. The maximum Gasteiger partial charge on any atom is 0.344 e. The number of halogens is 2. The van der Waals surface area contributed by atoms with Gasteiger partial charge in [0.25, 0.3) is 0 Å². The first-order valence-electron chi connectivity index (χ1n) is 5.92. The number of carbonyl (C=O) groups excluding carboxylic acids is 1. The second-order valence-electron chi connectivity index (χ2n) is 4.10. The number of carbonyl (C=O) groups is 1. The van der Waals surface area contributed by atoms with Gasteiger partial charge >= 0.3 is 11.7 Å². The molecule has 0 aliphatic rings. The van der Waals surface area contributed by atoms with Crippen molar-refractivity contribution in [1.82, 2.24) is 0 Å². The molecule has 0 atom stereocenters. The molecular weight excluding hydrogens is 425 g/mol. The number of benzene rings is 2. The van der Waals surface area contributed by atoms with E-state index in [-0.39, 0.29) is 17.0 Å². The SMILES string of the molecule is COc1ccc(OC(=O)c2ccc(Cl)cc2I)c([N+](=O)[O-])c1. The smallest absolute Gasteiger partial charge is 0.344 e. The van der Waals surface area contributed by atoms with Crippen molar-refractivity contribution < 1.29 is 19.2 Å².